The standard InChI is InChI=1S/C14H31N3O2S/c1-14(2)15-8-4-7-13-20(18,19)16-9-12-17-10-5-3-6-11-17/h14-16H,3-13H2,1-2H3. The minimum atomic E-state index is -3.09. The van der Waals surface area contributed by atoms with Crippen LogP contribution in [0, 0.1) is 0 Å². The van der Waals surface area contributed by atoms with Crippen LogP contribution in [0.1, 0.15) is 46.0 Å². The molecule has 0 unspecified atom stereocenters. The van der Waals surface area contributed by atoms with E-state index in [0.29, 0.717) is 12.6 Å². The molecule has 2 N–H and O–H groups in total. The lowest BCUT2D eigenvalue weighted by atomic mass is 10.1. The fourth-order valence-corrected chi connectivity index (χ4v) is 3.55. The Labute approximate surface area is 124 Å². The molecular weight excluding hydrogens is 274 g/mol. The number of likely N-dealkylation sites (tertiary alicyclic amines) is 1. The Morgan fingerprint density at radius 2 is 1.75 bits per heavy atom. The summed E-state index contributed by atoms with van der Waals surface area (Å²) in [6, 6.07) is 0.467. The van der Waals surface area contributed by atoms with Crippen molar-refractivity contribution in [2.24, 2.45) is 0 Å². The highest BCUT2D eigenvalue weighted by atomic mass is 32.2. The molecule has 1 fully saturated rings. The van der Waals surface area contributed by atoms with Crippen molar-refractivity contribution in [3.63, 3.8) is 0 Å². The van der Waals surface area contributed by atoms with Crippen LogP contribution in [-0.4, -0.2) is 57.8 Å². The second-order valence-electron chi connectivity index (χ2n) is 5.93. The van der Waals surface area contributed by atoms with Gasteiger partial charge < -0.3 is 10.2 Å². The van der Waals surface area contributed by atoms with Crippen LogP contribution in [0.25, 0.3) is 0 Å². The fraction of sp³-hybridized carbons (Fsp3) is 1.00. The maximum Gasteiger partial charge on any atom is 0.211 e. The molecule has 0 amide bonds. The summed E-state index contributed by atoms with van der Waals surface area (Å²) in [6.07, 6.45) is 5.43. The average molecular weight is 305 g/mol. The Balaban J connectivity index is 2.05. The lowest BCUT2D eigenvalue weighted by Gasteiger charge is -2.26. The summed E-state index contributed by atoms with van der Waals surface area (Å²) in [4.78, 5) is 2.35. The molecule has 0 aromatic rings. The van der Waals surface area contributed by atoms with Gasteiger partial charge in [0.05, 0.1) is 5.75 Å². The van der Waals surface area contributed by atoms with Gasteiger partial charge in [0.2, 0.25) is 10.0 Å². The molecule has 1 aliphatic rings. The predicted octanol–water partition coefficient (Wildman–Crippen LogP) is 1.17. The van der Waals surface area contributed by atoms with Crippen molar-refractivity contribution < 1.29 is 8.42 Å². The van der Waals surface area contributed by atoms with E-state index in [4.69, 9.17) is 0 Å². The molecule has 1 heterocycles. The normalized spacial score (nSPS) is 17.8. The molecule has 20 heavy (non-hydrogen) atoms. The van der Waals surface area contributed by atoms with E-state index < -0.39 is 10.0 Å². The van der Waals surface area contributed by atoms with Crippen molar-refractivity contribution in [3.05, 3.63) is 0 Å². The zero-order chi connectivity index (χ0) is 14.8. The number of hydrogen-bond acceptors (Lipinski definition) is 4. The number of piperidine rings is 1. The lowest BCUT2D eigenvalue weighted by molar-refractivity contribution is 0.233. The molecule has 1 rings (SSSR count). The maximum atomic E-state index is 11.8. The number of sulfonamides is 1. The van der Waals surface area contributed by atoms with Gasteiger partial charge in [-0.25, -0.2) is 13.1 Å². The highest BCUT2D eigenvalue weighted by Gasteiger charge is 2.12. The number of nitrogens with zero attached hydrogens (tertiary/aromatic N) is 1. The van der Waals surface area contributed by atoms with Crippen LogP contribution >= 0.6 is 0 Å². The van der Waals surface area contributed by atoms with Gasteiger partial charge in [-0.2, -0.15) is 0 Å². The fourth-order valence-electron chi connectivity index (χ4n) is 2.42. The van der Waals surface area contributed by atoms with Gasteiger partial charge in [0.15, 0.2) is 0 Å². The molecule has 1 aliphatic heterocycles. The third-order valence-electron chi connectivity index (χ3n) is 3.59. The largest absolute Gasteiger partial charge is 0.315 e. The number of nitrogens with one attached hydrogen (secondary N) is 2. The Morgan fingerprint density at radius 3 is 2.40 bits per heavy atom. The minimum Gasteiger partial charge on any atom is -0.315 e. The van der Waals surface area contributed by atoms with E-state index in [2.05, 4.69) is 28.8 Å². The van der Waals surface area contributed by atoms with Gasteiger partial charge in [-0.15, -0.1) is 0 Å². The van der Waals surface area contributed by atoms with E-state index in [0.717, 1.165) is 39.0 Å². The molecule has 6 heteroatoms. The third kappa shape index (κ3) is 8.89. The zero-order valence-electron chi connectivity index (χ0n) is 13.0. The number of unbranched alkanes of at least 4 members (excludes halogenated alkanes) is 1. The Kier molecular flexibility index (Phi) is 8.68. The molecule has 0 atom stereocenters. The van der Waals surface area contributed by atoms with Gasteiger partial charge >= 0.3 is 0 Å². The van der Waals surface area contributed by atoms with E-state index in [9.17, 15) is 8.42 Å². The van der Waals surface area contributed by atoms with Crippen molar-refractivity contribution in [1.82, 2.24) is 14.9 Å². The van der Waals surface area contributed by atoms with E-state index in [1.807, 2.05) is 0 Å². The highest BCUT2D eigenvalue weighted by molar-refractivity contribution is 7.89. The topological polar surface area (TPSA) is 61.4 Å². The third-order valence-corrected chi connectivity index (χ3v) is 5.06. The minimum absolute atomic E-state index is 0.243. The second kappa shape index (κ2) is 9.71. The van der Waals surface area contributed by atoms with Crippen LogP contribution in [-0.2, 0) is 10.0 Å². The molecule has 5 nitrogen and oxygen atoms in total. The van der Waals surface area contributed by atoms with E-state index >= 15 is 0 Å². The van der Waals surface area contributed by atoms with Crippen LogP contribution in [0.2, 0.25) is 0 Å². The Bertz CT molecular complexity index is 338. The Hall–Kier alpha value is -0.170. The summed E-state index contributed by atoms with van der Waals surface area (Å²) in [7, 11) is -3.09. The first-order valence-electron chi connectivity index (χ1n) is 7.93. The van der Waals surface area contributed by atoms with Crippen molar-refractivity contribution in [3.8, 4) is 0 Å². The first-order valence-corrected chi connectivity index (χ1v) is 9.58. The SMILES string of the molecule is CC(C)NCCCCS(=O)(=O)NCCN1CCCCC1. The molecule has 0 aromatic carbocycles. The van der Waals surface area contributed by atoms with Gasteiger partial charge in [0, 0.05) is 19.1 Å². The summed E-state index contributed by atoms with van der Waals surface area (Å²) >= 11 is 0. The van der Waals surface area contributed by atoms with Gasteiger partial charge in [0.25, 0.3) is 0 Å². The van der Waals surface area contributed by atoms with Gasteiger partial charge in [0.1, 0.15) is 0 Å². The van der Waals surface area contributed by atoms with Crippen LogP contribution in [0.15, 0.2) is 0 Å². The maximum absolute atomic E-state index is 11.8. The summed E-state index contributed by atoms with van der Waals surface area (Å²) in [6.45, 7) is 8.70. The molecule has 120 valence electrons. The van der Waals surface area contributed by atoms with Crippen molar-refractivity contribution in [2.45, 2.75) is 52.0 Å². The zero-order valence-corrected chi connectivity index (χ0v) is 13.8. The van der Waals surface area contributed by atoms with Crippen LogP contribution in [0.3, 0.4) is 0 Å². The molecule has 0 radical (unpaired) electrons. The molecular formula is C14H31N3O2S. The lowest BCUT2D eigenvalue weighted by Crippen LogP contribution is -2.38. The van der Waals surface area contributed by atoms with Gasteiger partial charge in [-0.1, -0.05) is 20.3 Å². The van der Waals surface area contributed by atoms with Crippen LogP contribution in [0.5, 0.6) is 0 Å². The first kappa shape index (κ1) is 17.9. The first-order chi connectivity index (χ1) is 9.49. The van der Waals surface area contributed by atoms with Crippen molar-refractivity contribution >= 4 is 10.0 Å². The summed E-state index contributed by atoms with van der Waals surface area (Å²) in [5.41, 5.74) is 0. The van der Waals surface area contributed by atoms with Crippen LogP contribution in [0.4, 0.5) is 0 Å². The highest BCUT2D eigenvalue weighted by Crippen LogP contribution is 2.07. The van der Waals surface area contributed by atoms with Crippen molar-refractivity contribution in [2.75, 3.05) is 38.5 Å². The predicted molar refractivity (Wildman–Crippen MR) is 84.5 cm³/mol. The van der Waals surface area contributed by atoms with Gasteiger partial charge in [-0.3, -0.25) is 0 Å². The quantitative estimate of drug-likeness (QED) is 0.595. The molecule has 0 aliphatic carbocycles. The monoisotopic (exact) mass is 305 g/mol. The molecule has 1 saturated heterocycles. The number of hydrogen-bond donors (Lipinski definition) is 2. The molecule has 0 bridgehead atoms. The molecule has 0 spiro atoms. The van der Waals surface area contributed by atoms with Crippen molar-refractivity contribution in [1.29, 1.82) is 0 Å². The second-order valence-corrected chi connectivity index (χ2v) is 7.86. The average Bonchev–Trinajstić information content (AvgIpc) is 2.39. The van der Waals surface area contributed by atoms with Crippen LogP contribution < -0.4 is 10.0 Å². The Morgan fingerprint density at radius 1 is 1.05 bits per heavy atom. The summed E-state index contributed by atoms with van der Waals surface area (Å²) in [5, 5.41) is 3.30. The summed E-state index contributed by atoms with van der Waals surface area (Å²) < 4.78 is 26.4. The molecule has 0 saturated carbocycles. The molecule has 0 aromatic heterocycles. The van der Waals surface area contributed by atoms with E-state index in [-0.39, 0.29) is 5.75 Å². The van der Waals surface area contributed by atoms with Gasteiger partial charge in [-0.05, 0) is 45.3 Å². The summed E-state index contributed by atoms with van der Waals surface area (Å²) in [5.74, 6) is 0.243. The van der Waals surface area contributed by atoms with E-state index in [1.165, 1.54) is 19.3 Å². The smallest absolute Gasteiger partial charge is 0.211 e. The number of rotatable bonds is 10. The van der Waals surface area contributed by atoms with E-state index in [1.54, 1.807) is 0 Å².